The minimum absolute atomic E-state index is 0.0251. The fraction of sp³-hybridized carbons (Fsp3) is 0.0833. The van der Waals surface area contributed by atoms with Crippen molar-refractivity contribution in [3.63, 3.8) is 0 Å². The molecule has 0 aliphatic carbocycles. The monoisotopic (exact) mass is 415 g/mol. The smallest absolute Gasteiger partial charge is 0.254 e. The molecule has 4 nitrogen and oxygen atoms in total. The van der Waals surface area contributed by atoms with Gasteiger partial charge in [0.25, 0.3) is 5.91 Å². The molecule has 6 heteroatoms. The van der Waals surface area contributed by atoms with Gasteiger partial charge < -0.3 is 5.32 Å². The second kappa shape index (κ2) is 7.72. The van der Waals surface area contributed by atoms with Crippen LogP contribution >= 0.6 is 11.3 Å². The van der Waals surface area contributed by atoms with Crippen LogP contribution in [0, 0.1) is 5.82 Å². The normalized spacial score (nSPS) is 11.2. The first-order chi connectivity index (χ1) is 14.7. The third-order valence-corrected chi connectivity index (χ3v) is 6.11. The molecule has 0 atom stereocenters. The first kappa shape index (κ1) is 18.5. The van der Waals surface area contributed by atoms with E-state index in [0.29, 0.717) is 23.1 Å². The molecule has 0 aliphatic heterocycles. The van der Waals surface area contributed by atoms with Crippen LogP contribution in [0.5, 0.6) is 0 Å². The van der Waals surface area contributed by atoms with Crippen LogP contribution in [0.2, 0.25) is 0 Å². The molecule has 0 saturated heterocycles. The Labute approximate surface area is 176 Å². The maximum atomic E-state index is 15.4. The molecule has 5 rings (SSSR count). The summed E-state index contributed by atoms with van der Waals surface area (Å²) in [6.07, 6.45) is 0.724. The molecular weight excluding hydrogens is 397 g/mol. The second-order valence-corrected chi connectivity index (χ2v) is 8.10. The van der Waals surface area contributed by atoms with Crippen LogP contribution in [0.15, 0.2) is 72.1 Å². The Morgan fingerprint density at radius 3 is 2.73 bits per heavy atom. The van der Waals surface area contributed by atoms with Crippen molar-refractivity contribution in [1.82, 2.24) is 15.5 Å². The molecular formula is C24H18FN3OS. The molecule has 3 aromatic carbocycles. The molecule has 1 amide bonds. The lowest BCUT2D eigenvalue weighted by atomic mass is 10.0. The number of hydrogen-bond acceptors (Lipinski definition) is 3. The number of hydrogen-bond donors (Lipinski definition) is 2. The molecule has 0 aliphatic rings. The van der Waals surface area contributed by atoms with E-state index in [-0.39, 0.29) is 5.56 Å². The molecule has 2 N–H and O–H groups in total. The number of carbonyl (C=O) groups is 1. The fourth-order valence-corrected chi connectivity index (χ4v) is 4.35. The van der Waals surface area contributed by atoms with Crippen molar-refractivity contribution in [2.24, 2.45) is 0 Å². The van der Waals surface area contributed by atoms with E-state index < -0.39 is 11.7 Å². The van der Waals surface area contributed by atoms with Crippen LogP contribution in [0.1, 0.15) is 15.2 Å². The number of nitrogens with zero attached hydrogens (tertiary/aromatic N) is 1. The minimum atomic E-state index is -0.557. The summed E-state index contributed by atoms with van der Waals surface area (Å²) >= 11 is 1.64. The van der Waals surface area contributed by atoms with E-state index in [1.54, 1.807) is 17.4 Å². The summed E-state index contributed by atoms with van der Waals surface area (Å²) in [5.74, 6) is -0.977. The van der Waals surface area contributed by atoms with Crippen LogP contribution in [-0.2, 0) is 6.42 Å². The number of aromatic nitrogens is 2. The SMILES string of the molecule is O=C(NCCc1cccs1)c1ccc2[nH]nc(-c3ccc4ccccc4c3)c2c1F. The number of H-pyrrole nitrogens is 1. The van der Waals surface area contributed by atoms with Gasteiger partial charge in [-0.15, -0.1) is 11.3 Å². The van der Waals surface area contributed by atoms with Crippen molar-refractivity contribution in [3.8, 4) is 11.3 Å². The zero-order chi connectivity index (χ0) is 20.5. The minimum Gasteiger partial charge on any atom is -0.352 e. The zero-order valence-corrected chi connectivity index (χ0v) is 16.8. The lowest BCUT2D eigenvalue weighted by molar-refractivity contribution is 0.0950. The summed E-state index contributed by atoms with van der Waals surface area (Å²) < 4.78 is 15.4. The predicted octanol–water partition coefficient (Wildman–Crippen LogP) is 5.56. The van der Waals surface area contributed by atoms with Crippen LogP contribution in [0.25, 0.3) is 32.9 Å². The van der Waals surface area contributed by atoms with Crippen LogP contribution in [-0.4, -0.2) is 22.6 Å². The third-order valence-electron chi connectivity index (χ3n) is 5.17. The lowest BCUT2D eigenvalue weighted by Crippen LogP contribution is -2.26. The predicted molar refractivity (Wildman–Crippen MR) is 119 cm³/mol. The molecule has 0 bridgehead atoms. The van der Waals surface area contributed by atoms with Gasteiger partial charge in [0.05, 0.1) is 16.5 Å². The zero-order valence-electron chi connectivity index (χ0n) is 16.0. The van der Waals surface area contributed by atoms with Gasteiger partial charge in [0, 0.05) is 17.0 Å². The molecule has 30 heavy (non-hydrogen) atoms. The van der Waals surface area contributed by atoms with Crippen molar-refractivity contribution < 1.29 is 9.18 Å². The Kier molecular flexibility index (Phi) is 4.77. The molecule has 0 fully saturated rings. The lowest BCUT2D eigenvalue weighted by Gasteiger charge is -2.07. The number of aromatic amines is 1. The van der Waals surface area contributed by atoms with Crippen molar-refractivity contribution in [2.45, 2.75) is 6.42 Å². The van der Waals surface area contributed by atoms with E-state index in [4.69, 9.17) is 0 Å². The van der Waals surface area contributed by atoms with E-state index in [0.717, 1.165) is 22.8 Å². The van der Waals surface area contributed by atoms with E-state index in [2.05, 4.69) is 15.5 Å². The van der Waals surface area contributed by atoms with Gasteiger partial charge in [0.1, 0.15) is 11.5 Å². The average Bonchev–Trinajstić information content (AvgIpc) is 3.44. The van der Waals surface area contributed by atoms with E-state index in [9.17, 15) is 4.79 Å². The summed E-state index contributed by atoms with van der Waals surface area (Å²) in [6.45, 7) is 0.458. The summed E-state index contributed by atoms with van der Waals surface area (Å²) in [4.78, 5) is 13.8. The van der Waals surface area contributed by atoms with E-state index in [1.807, 2.05) is 60.0 Å². The largest absolute Gasteiger partial charge is 0.352 e. The van der Waals surface area contributed by atoms with Gasteiger partial charge >= 0.3 is 0 Å². The molecule has 148 valence electrons. The van der Waals surface area contributed by atoms with Gasteiger partial charge in [0.15, 0.2) is 0 Å². The summed E-state index contributed by atoms with van der Waals surface area (Å²) in [5.41, 5.74) is 1.89. The number of thiophene rings is 1. The Bertz CT molecular complexity index is 1360. The number of carbonyl (C=O) groups excluding carboxylic acids is 1. The standard InChI is InChI=1S/C24H18FN3OS/c25-22-19(24(29)26-12-11-18-6-3-13-30-18)9-10-20-21(22)23(28-27-20)17-8-7-15-4-1-2-5-16(15)14-17/h1-10,13-14H,11-12H2,(H,26,29)(H,27,28). The topological polar surface area (TPSA) is 57.8 Å². The Morgan fingerprint density at radius 2 is 1.90 bits per heavy atom. The number of benzene rings is 3. The number of amides is 1. The molecule has 5 aromatic rings. The molecule has 0 unspecified atom stereocenters. The van der Waals surface area contributed by atoms with E-state index >= 15 is 4.39 Å². The average molecular weight is 415 g/mol. The van der Waals surface area contributed by atoms with Gasteiger partial charge in [-0.05, 0) is 46.8 Å². The maximum Gasteiger partial charge on any atom is 0.254 e. The highest BCUT2D eigenvalue weighted by Crippen LogP contribution is 2.31. The van der Waals surface area contributed by atoms with Gasteiger partial charge in [-0.3, -0.25) is 9.89 Å². The second-order valence-electron chi connectivity index (χ2n) is 7.07. The van der Waals surface area contributed by atoms with Crippen molar-refractivity contribution in [2.75, 3.05) is 6.54 Å². The van der Waals surface area contributed by atoms with Gasteiger partial charge in [-0.1, -0.05) is 42.5 Å². The Balaban J connectivity index is 1.48. The molecule has 0 radical (unpaired) electrons. The van der Waals surface area contributed by atoms with E-state index in [1.165, 1.54) is 10.9 Å². The quantitative estimate of drug-likeness (QED) is 0.395. The van der Waals surface area contributed by atoms with Crippen LogP contribution < -0.4 is 5.32 Å². The highest BCUT2D eigenvalue weighted by Gasteiger charge is 2.19. The van der Waals surface area contributed by atoms with Gasteiger partial charge in [0.2, 0.25) is 0 Å². The number of fused-ring (bicyclic) bond motifs is 2. The van der Waals surface area contributed by atoms with Gasteiger partial charge in [-0.25, -0.2) is 4.39 Å². The first-order valence-corrected chi connectivity index (χ1v) is 10.5. The molecule has 2 heterocycles. The maximum absolute atomic E-state index is 15.4. The van der Waals surface area contributed by atoms with Crippen molar-refractivity contribution in [3.05, 3.63) is 88.4 Å². The third kappa shape index (κ3) is 3.35. The molecule has 0 spiro atoms. The number of rotatable bonds is 5. The Hall–Kier alpha value is -3.51. The summed E-state index contributed by atoms with van der Waals surface area (Å²) in [6, 6.07) is 21.1. The summed E-state index contributed by atoms with van der Waals surface area (Å²) in [7, 11) is 0. The van der Waals surface area contributed by atoms with Crippen molar-refractivity contribution >= 4 is 38.9 Å². The molecule has 0 saturated carbocycles. The highest BCUT2D eigenvalue weighted by molar-refractivity contribution is 7.09. The summed E-state index contributed by atoms with van der Waals surface area (Å²) in [5, 5.41) is 14.5. The van der Waals surface area contributed by atoms with Crippen molar-refractivity contribution in [1.29, 1.82) is 0 Å². The molecule has 2 aromatic heterocycles. The first-order valence-electron chi connectivity index (χ1n) is 9.67. The van der Waals surface area contributed by atoms with Crippen LogP contribution in [0.3, 0.4) is 0 Å². The fourth-order valence-electron chi connectivity index (χ4n) is 3.64. The Morgan fingerprint density at radius 1 is 1.03 bits per heavy atom. The number of halogens is 1. The van der Waals surface area contributed by atoms with Crippen LogP contribution in [0.4, 0.5) is 4.39 Å². The highest BCUT2D eigenvalue weighted by atomic mass is 32.1. The van der Waals surface area contributed by atoms with Gasteiger partial charge in [-0.2, -0.15) is 5.10 Å². The number of nitrogens with one attached hydrogen (secondary N) is 2.